The highest BCUT2D eigenvalue weighted by atomic mass is 127. The van der Waals surface area contributed by atoms with Gasteiger partial charge in [0.2, 0.25) is 5.88 Å². The van der Waals surface area contributed by atoms with E-state index in [4.69, 9.17) is 14.2 Å². The van der Waals surface area contributed by atoms with Gasteiger partial charge in [-0.05, 0) is 24.5 Å². The number of piperidine rings is 1. The zero-order valence-corrected chi connectivity index (χ0v) is 13.9. The number of hydrogen-bond donors (Lipinski definition) is 0. The molecule has 1 aromatic heterocycles. The number of halogens is 1. The smallest absolute Gasteiger partial charge is 0.213 e. The van der Waals surface area contributed by atoms with Crippen molar-refractivity contribution in [2.24, 2.45) is 0 Å². The molecular formula is C14H21IN2O3. The predicted molar refractivity (Wildman–Crippen MR) is 85.0 cm³/mol. The van der Waals surface area contributed by atoms with E-state index in [1.54, 1.807) is 13.3 Å². The first kappa shape index (κ1) is 15.9. The Morgan fingerprint density at radius 2 is 2.15 bits per heavy atom. The topological polar surface area (TPSA) is 43.8 Å². The van der Waals surface area contributed by atoms with Crippen LogP contribution in [0.15, 0.2) is 18.3 Å². The number of rotatable bonds is 7. The number of nitrogens with zero attached hydrogens (tertiary/aromatic N) is 2. The Labute approximate surface area is 134 Å². The molecule has 0 N–H and O–H groups in total. The molecule has 112 valence electrons. The second kappa shape index (κ2) is 8.76. The summed E-state index contributed by atoms with van der Waals surface area (Å²) in [4.78, 5) is 4.17. The molecule has 0 bridgehead atoms. The number of hydrogen-bond acceptors (Lipinski definition) is 5. The second-order valence-corrected chi connectivity index (χ2v) is 6.13. The molecule has 1 aliphatic rings. The van der Waals surface area contributed by atoms with Crippen LogP contribution < -0.4 is 4.74 Å². The van der Waals surface area contributed by atoms with Gasteiger partial charge in [-0.3, -0.25) is 0 Å². The lowest BCUT2D eigenvalue weighted by Crippen LogP contribution is -2.30. The summed E-state index contributed by atoms with van der Waals surface area (Å²) in [6.45, 7) is 3.91. The zero-order valence-electron chi connectivity index (χ0n) is 11.8. The van der Waals surface area contributed by atoms with Crippen molar-refractivity contribution < 1.29 is 14.2 Å². The Morgan fingerprint density at radius 3 is 2.90 bits per heavy atom. The van der Waals surface area contributed by atoms with Crippen LogP contribution in [0.25, 0.3) is 0 Å². The van der Waals surface area contributed by atoms with Crippen LogP contribution in [0, 0.1) is 0 Å². The van der Waals surface area contributed by atoms with Crippen molar-refractivity contribution in [2.75, 3.05) is 33.4 Å². The molecule has 2 heterocycles. The Bertz CT molecular complexity index is 398. The number of aromatic nitrogens is 1. The van der Waals surface area contributed by atoms with E-state index < -0.39 is 0 Å². The second-order valence-electron chi connectivity index (χ2n) is 4.76. The van der Waals surface area contributed by atoms with Gasteiger partial charge in [-0.15, -0.1) is 0 Å². The summed E-state index contributed by atoms with van der Waals surface area (Å²) in [6.07, 6.45) is 4.33. The van der Waals surface area contributed by atoms with Gasteiger partial charge in [-0.1, -0.05) is 0 Å². The van der Waals surface area contributed by atoms with E-state index >= 15 is 0 Å². The highest BCUT2D eigenvalue weighted by Crippen LogP contribution is 2.18. The van der Waals surface area contributed by atoms with Gasteiger partial charge < -0.3 is 14.2 Å². The molecular weight excluding hydrogens is 371 g/mol. The highest BCUT2D eigenvalue weighted by molar-refractivity contribution is 14.1. The lowest BCUT2D eigenvalue weighted by Gasteiger charge is -2.27. The van der Waals surface area contributed by atoms with Gasteiger partial charge in [0.25, 0.3) is 0 Å². The van der Waals surface area contributed by atoms with E-state index in [1.165, 1.54) is 0 Å². The van der Waals surface area contributed by atoms with E-state index in [0.29, 0.717) is 31.8 Å². The fraction of sp³-hybridized carbons (Fsp3) is 0.643. The Hall–Kier alpha value is -0.440. The van der Waals surface area contributed by atoms with Gasteiger partial charge in [0.1, 0.15) is 6.61 Å². The summed E-state index contributed by atoms with van der Waals surface area (Å²) in [5.74, 6) is 0.630. The largest absolute Gasteiger partial charge is 0.475 e. The van der Waals surface area contributed by atoms with Gasteiger partial charge in [0, 0.05) is 55.3 Å². The molecule has 0 unspecified atom stereocenters. The molecule has 5 nitrogen and oxygen atoms in total. The maximum absolute atomic E-state index is 5.96. The normalized spacial score (nSPS) is 17.3. The van der Waals surface area contributed by atoms with Crippen LogP contribution in [-0.4, -0.2) is 47.6 Å². The van der Waals surface area contributed by atoms with E-state index in [-0.39, 0.29) is 0 Å². The van der Waals surface area contributed by atoms with Gasteiger partial charge in [-0.25, -0.2) is 8.10 Å². The Kier molecular flexibility index (Phi) is 6.98. The standard InChI is InChI=1S/C14H21IN2O3/c1-18-8-9-19-14-10-12(2-5-16-14)11-20-13-3-6-17(15)7-4-13/h2,5,10,13H,3-4,6-9,11H2,1H3. The van der Waals surface area contributed by atoms with Crippen molar-refractivity contribution >= 4 is 22.9 Å². The van der Waals surface area contributed by atoms with Crippen LogP contribution in [0.3, 0.4) is 0 Å². The zero-order chi connectivity index (χ0) is 14.2. The average molecular weight is 392 g/mol. The Morgan fingerprint density at radius 1 is 1.35 bits per heavy atom. The third-order valence-corrected chi connectivity index (χ3v) is 4.17. The van der Waals surface area contributed by atoms with Crippen molar-refractivity contribution in [2.45, 2.75) is 25.6 Å². The summed E-state index contributed by atoms with van der Waals surface area (Å²) in [7, 11) is 1.65. The van der Waals surface area contributed by atoms with Crippen molar-refractivity contribution in [3.8, 4) is 5.88 Å². The van der Waals surface area contributed by atoms with E-state index in [1.807, 2.05) is 12.1 Å². The lowest BCUT2D eigenvalue weighted by atomic mass is 10.1. The van der Waals surface area contributed by atoms with Gasteiger partial charge in [0.05, 0.1) is 19.3 Å². The SMILES string of the molecule is COCCOc1cc(COC2CCN(I)CC2)ccn1. The van der Waals surface area contributed by atoms with Crippen LogP contribution >= 0.6 is 22.9 Å². The third-order valence-electron chi connectivity index (χ3n) is 3.21. The van der Waals surface area contributed by atoms with Crippen LogP contribution in [0.4, 0.5) is 0 Å². The fourth-order valence-corrected chi connectivity index (χ4v) is 2.61. The third kappa shape index (κ3) is 5.51. The first-order valence-electron chi connectivity index (χ1n) is 6.87. The first-order valence-corrected chi connectivity index (χ1v) is 7.83. The first-order chi connectivity index (χ1) is 9.78. The summed E-state index contributed by atoms with van der Waals surface area (Å²) in [5, 5.41) is 0. The van der Waals surface area contributed by atoms with Crippen molar-refractivity contribution in [3.63, 3.8) is 0 Å². The Balaban J connectivity index is 1.76. The molecule has 0 radical (unpaired) electrons. The van der Waals surface area contributed by atoms with Crippen molar-refractivity contribution in [1.82, 2.24) is 8.10 Å². The number of ether oxygens (including phenoxy) is 3. The molecule has 1 saturated heterocycles. The average Bonchev–Trinajstić information content (AvgIpc) is 2.47. The van der Waals surface area contributed by atoms with Crippen LogP contribution in [0.2, 0.25) is 0 Å². The van der Waals surface area contributed by atoms with Gasteiger partial charge in [-0.2, -0.15) is 0 Å². The minimum Gasteiger partial charge on any atom is -0.475 e. The number of pyridine rings is 1. The summed E-state index contributed by atoms with van der Waals surface area (Å²) in [6, 6.07) is 3.90. The molecule has 0 aromatic carbocycles. The van der Waals surface area contributed by atoms with E-state index in [9.17, 15) is 0 Å². The quantitative estimate of drug-likeness (QED) is 0.405. The maximum Gasteiger partial charge on any atom is 0.213 e. The van der Waals surface area contributed by atoms with Crippen molar-refractivity contribution in [1.29, 1.82) is 0 Å². The van der Waals surface area contributed by atoms with Crippen LogP contribution in [0.5, 0.6) is 5.88 Å². The molecule has 1 aromatic rings. The predicted octanol–water partition coefficient (Wildman–Crippen LogP) is 2.44. The van der Waals surface area contributed by atoms with Crippen molar-refractivity contribution in [3.05, 3.63) is 23.9 Å². The molecule has 1 fully saturated rings. The van der Waals surface area contributed by atoms with E-state index in [2.05, 4.69) is 31.0 Å². The van der Waals surface area contributed by atoms with E-state index in [0.717, 1.165) is 31.5 Å². The number of methoxy groups -OCH3 is 1. The maximum atomic E-state index is 5.96. The molecule has 0 saturated carbocycles. The van der Waals surface area contributed by atoms with Gasteiger partial charge >= 0.3 is 0 Å². The highest BCUT2D eigenvalue weighted by Gasteiger charge is 2.17. The molecule has 2 rings (SSSR count). The molecule has 0 spiro atoms. The molecule has 0 amide bonds. The summed E-state index contributed by atoms with van der Waals surface area (Å²) < 4.78 is 18.7. The molecule has 20 heavy (non-hydrogen) atoms. The summed E-state index contributed by atoms with van der Waals surface area (Å²) in [5.41, 5.74) is 1.10. The lowest BCUT2D eigenvalue weighted by molar-refractivity contribution is 0.0133. The fourth-order valence-electron chi connectivity index (χ4n) is 2.05. The van der Waals surface area contributed by atoms with Gasteiger partial charge in [0.15, 0.2) is 0 Å². The minimum absolute atomic E-state index is 0.368. The molecule has 1 aliphatic heterocycles. The summed E-state index contributed by atoms with van der Waals surface area (Å²) >= 11 is 2.37. The molecule has 0 aliphatic carbocycles. The molecule has 0 atom stereocenters. The molecule has 6 heteroatoms. The van der Waals surface area contributed by atoms with Crippen LogP contribution in [-0.2, 0) is 16.1 Å². The van der Waals surface area contributed by atoms with Crippen LogP contribution in [0.1, 0.15) is 18.4 Å². The minimum atomic E-state index is 0.368. The monoisotopic (exact) mass is 392 g/mol.